The molecule has 0 aliphatic rings. The summed E-state index contributed by atoms with van der Waals surface area (Å²) in [6.07, 6.45) is 0. The highest BCUT2D eigenvalue weighted by molar-refractivity contribution is 5.29. The average Bonchev–Trinajstić information content (AvgIpc) is 1.80. The number of hydrogen-bond donors (Lipinski definition) is 2. The molecular weight excluding hydrogens is 120 g/mol. The van der Waals surface area contributed by atoms with Gasteiger partial charge >= 0.3 is 0 Å². The summed E-state index contributed by atoms with van der Waals surface area (Å²) in [7, 11) is 0. The van der Waals surface area contributed by atoms with E-state index in [1.807, 2.05) is 0 Å². The highest BCUT2D eigenvalue weighted by atomic mass is 16.3. The molecule has 48 valence electrons. The van der Waals surface area contributed by atoms with Crippen molar-refractivity contribution in [3.63, 3.8) is 0 Å². The van der Waals surface area contributed by atoms with Crippen LogP contribution in [0.1, 0.15) is 5.69 Å². The molecule has 1 heterocycles. The van der Waals surface area contributed by atoms with E-state index in [1.54, 1.807) is 6.92 Å². The first-order valence-electron chi connectivity index (χ1n) is 2.42. The Labute approximate surface area is 51.8 Å². The van der Waals surface area contributed by atoms with Crippen LogP contribution in [0.15, 0.2) is 6.07 Å². The van der Waals surface area contributed by atoms with Crippen LogP contribution in [-0.4, -0.2) is 20.4 Å². The summed E-state index contributed by atoms with van der Waals surface area (Å²) in [5.41, 5.74) is 0.574. The zero-order valence-corrected chi connectivity index (χ0v) is 4.87. The fraction of sp³-hybridized carbons (Fsp3) is 0.200. The Morgan fingerprint density at radius 3 is 2.44 bits per heavy atom. The summed E-state index contributed by atoms with van der Waals surface area (Å²) in [4.78, 5) is 0. The molecule has 0 unspecified atom stereocenters. The smallest absolute Gasteiger partial charge is 0.273 e. The largest absolute Gasteiger partial charge is 0.503 e. The fourth-order valence-corrected chi connectivity index (χ4v) is 0.469. The van der Waals surface area contributed by atoms with Crippen molar-refractivity contribution in [1.82, 2.24) is 10.2 Å². The molecule has 0 spiro atoms. The molecule has 9 heavy (non-hydrogen) atoms. The predicted octanol–water partition coefficient (Wildman–Crippen LogP) is 0.196. The van der Waals surface area contributed by atoms with E-state index < -0.39 is 5.88 Å². The first-order valence-corrected chi connectivity index (χ1v) is 2.42. The molecular formula is C5H6N2O2. The summed E-state index contributed by atoms with van der Waals surface area (Å²) >= 11 is 0. The predicted molar refractivity (Wildman–Crippen MR) is 30.1 cm³/mol. The zero-order valence-electron chi connectivity index (χ0n) is 4.87. The Hall–Kier alpha value is -1.32. The quantitative estimate of drug-likeness (QED) is 0.521. The summed E-state index contributed by atoms with van der Waals surface area (Å²) in [5, 5.41) is 24.1. The van der Waals surface area contributed by atoms with Gasteiger partial charge in [-0.2, -0.15) is 5.10 Å². The molecule has 1 aromatic heterocycles. The minimum absolute atomic E-state index is 0.234. The number of aryl methyl sites for hydroxylation is 1. The highest BCUT2D eigenvalue weighted by Crippen LogP contribution is 2.18. The van der Waals surface area contributed by atoms with Crippen LogP contribution in [0.3, 0.4) is 0 Å². The molecule has 2 N–H and O–H groups in total. The first kappa shape index (κ1) is 5.81. The van der Waals surface area contributed by atoms with Gasteiger partial charge in [-0.25, -0.2) is 0 Å². The van der Waals surface area contributed by atoms with E-state index in [0.717, 1.165) is 0 Å². The lowest BCUT2D eigenvalue weighted by molar-refractivity contribution is 0.381. The third-order valence-corrected chi connectivity index (χ3v) is 0.877. The van der Waals surface area contributed by atoms with Gasteiger partial charge in [0.2, 0.25) is 0 Å². The number of aromatic hydroxyl groups is 2. The minimum atomic E-state index is -0.430. The topological polar surface area (TPSA) is 66.2 Å². The van der Waals surface area contributed by atoms with Crippen LogP contribution in [-0.2, 0) is 0 Å². The van der Waals surface area contributed by atoms with Gasteiger partial charge in [-0.1, -0.05) is 0 Å². The van der Waals surface area contributed by atoms with Crippen LogP contribution in [0.2, 0.25) is 0 Å². The van der Waals surface area contributed by atoms with Gasteiger partial charge in [0.15, 0.2) is 5.75 Å². The molecule has 4 nitrogen and oxygen atoms in total. The summed E-state index contributed by atoms with van der Waals surface area (Å²) in [6.45, 7) is 1.67. The number of rotatable bonds is 0. The monoisotopic (exact) mass is 126 g/mol. The zero-order chi connectivity index (χ0) is 6.85. The van der Waals surface area contributed by atoms with Crippen LogP contribution in [0.4, 0.5) is 0 Å². The molecule has 0 bridgehead atoms. The summed E-state index contributed by atoms with van der Waals surface area (Å²) < 4.78 is 0. The van der Waals surface area contributed by atoms with E-state index in [4.69, 9.17) is 10.2 Å². The van der Waals surface area contributed by atoms with Crippen molar-refractivity contribution in [3.8, 4) is 11.6 Å². The van der Waals surface area contributed by atoms with Crippen molar-refractivity contribution in [2.24, 2.45) is 0 Å². The van der Waals surface area contributed by atoms with Crippen molar-refractivity contribution < 1.29 is 10.2 Å². The Balaban J connectivity index is 3.17. The number of aromatic nitrogens is 2. The maximum Gasteiger partial charge on any atom is 0.273 e. The second kappa shape index (κ2) is 1.89. The summed E-state index contributed by atoms with van der Waals surface area (Å²) in [6, 6.07) is 1.34. The Bertz CT molecular complexity index is 224. The van der Waals surface area contributed by atoms with Crippen LogP contribution in [0.25, 0.3) is 0 Å². The SMILES string of the molecule is Cc1cc(O)c(O)nn1. The lowest BCUT2D eigenvalue weighted by Gasteiger charge is -1.93. The fourth-order valence-electron chi connectivity index (χ4n) is 0.469. The molecule has 0 aliphatic carbocycles. The molecule has 0 radical (unpaired) electrons. The van der Waals surface area contributed by atoms with Crippen LogP contribution < -0.4 is 0 Å². The average molecular weight is 126 g/mol. The number of hydrogen-bond acceptors (Lipinski definition) is 4. The third-order valence-electron chi connectivity index (χ3n) is 0.877. The van der Waals surface area contributed by atoms with Gasteiger partial charge in [0.1, 0.15) is 0 Å². The highest BCUT2D eigenvalue weighted by Gasteiger charge is 1.98. The summed E-state index contributed by atoms with van der Waals surface area (Å²) in [5.74, 6) is -0.664. The molecule has 0 aliphatic heterocycles. The van der Waals surface area contributed by atoms with Gasteiger partial charge in [-0.15, -0.1) is 5.10 Å². The molecule has 0 saturated heterocycles. The van der Waals surface area contributed by atoms with E-state index in [-0.39, 0.29) is 5.75 Å². The molecule has 0 fully saturated rings. The van der Waals surface area contributed by atoms with Crippen LogP contribution in [0.5, 0.6) is 11.6 Å². The lowest BCUT2D eigenvalue weighted by atomic mass is 10.4. The van der Waals surface area contributed by atoms with E-state index in [2.05, 4.69) is 10.2 Å². The van der Waals surface area contributed by atoms with Crippen LogP contribution >= 0.6 is 0 Å². The van der Waals surface area contributed by atoms with Crippen molar-refractivity contribution in [2.75, 3.05) is 0 Å². The molecule has 0 amide bonds. The molecule has 0 aromatic carbocycles. The van der Waals surface area contributed by atoms with Gasteiger partial charge in [-0.05, 0) is 6.92 Å². The molecule has 4 heteroatoms. The molecule has 1 aromatic rings. The van der Waals surface area contributed by atoms with Gasteiger partial charge < -0.3 is 10.2 Å². The van der Waals surface area contributed by atoms with Gasteiger partial charge in [0.25, 0.3) is 5.88 Å². The van der Waals surface area contributed by atoms with Crippen LogP contribution in [0, 0.1) is 6.92 Å². The van der Waals surface area contributed by atoms with Gasteiger partial charge in [-0.3, -0.25) is 0 Å². The van der Waals surface area contributed by atoms with Gasteiger partial charge in [0.05, 0.1) is 5.69 Å². The first-order chi connectivity index (χ1) is 4.20. The Morgan fingerprint density at radius 1 is 1.33 bits per heavy atom. The van der Waals surface area contributed by atoms with E-state index >= 15 is 0 Å². The molecule has 1 rings (SSSR count). The van der Waals surface area contributed by atoms with E-state index in [9.17, 15) is 0 Å². The standard InChI is InChI=1S/C5H6N2O2/c1-3-2-4(8)5(9)7-6-3/h2H,1H3,(H,6,8)(H,7,9). The minimum Gasteiger partial charge on any atom is -0.503 e. The van der Waals surface area contributed by atoms with Crippen molar-refractivity contribution in [2.45, 2.75) is 6.92 Å². The van der Waals surface area contributed by atoms with Crippen molar-refractivity contribution in [1.29, 1.82) is 0 Å². The third kappa shape index (κ3) is 1.07. The van der Waals surface area contributed by atoms with Crippen molar-refractivity contribution in [3.05, 3.63) is 11.8 Å². The van der Waals surface area contributed by atoms with E-state index in [1.165, 1.54) is 6.07 Å². The van der Waals surface area contributed by atoms with Crippen molar-refractivity contribution >= 4 is 0 Å². The maximum atomic E-state index is 8.75. The lowest BCUT2D eigenvalue weighted by Crippen LogP contribution is -1.84. The second-order valence-corrected chi connectivity index (χ2v) is 1.69. The Kier molecular flexibility index (Phi) is 1.22. The van der Waals surface area contributed by atoms with Gasteiger partial charge in [0, 0.05) is 6.07 Å². The number of nitrogens with zero attached hydrogens (tertiary/aromatic N) is 2. The molecule has 0 saturated carbocycles. The normalized spacial score (nSPS) is 9.44. The second-order valence-electron chi connectivity index (χ2n) is 1.69. The Morgan fingerprint density at radius 2 is 2.00 bits per heavy atom. The maximum absolute atomic E-state index is 8.75. The molecule has 0 atom stereocenters. The van der Waals surface area contributed by atoms with E-state index in [0.29, 0.717) is 5.69 Å².